The molecule has 3 nitrogen and oxygen atoms in total. The van der Waals surface area contributed by atoms with Gasteiger partial charge < -0.3 is 0 Å². The van der Waals surface area contributed by atoms with Crippen molar-refractivity contribution in [3.05, 3.63) is 23.5 Å². The predicted molar refractivity (Wildman–Crippen MR) is 36.8 cm³/mol. The molecular weight excluding hydrogens is 128 g/mol. The Kier molecular flexibility index (Phi) is 1.76. The van der Waals surface area contributed by atoms with Gasteiger partial charge in [0.2, 0.25) is 0 Å². The van der Waals surface area contributed by atoms with Crippen molar-refractivity contribution < 1.29 is 4.79 Å². The Morgan fingerprint density at radius 3 is 2.70 bits per heavy atom. The third-order valence-electron chi connectivity index (χ3n) is 1.26. The molecule has 0 saturated carbocycles. The van der Waals surface area contributed by atoms with Crippen LogP contribution in [0, 0.1) is 6.92 Å². The van der Waals surface area contributed by atoms with Crippen LogP contribution in [0.1, 0.15) is 23.0 Å². The highest BCUT2D eigenvalue weighted by molar-refractivity contribution is 5.93. The number of aryl methyl sites for hydroxylation is 1. The van der Waals surface area contributed by atoms with E-state index in [1.54, 1.807) is 12.3 Å². The van der Waals surface area contributed by atoms with Gasteiger partial charge in [0.25, 0.3) is 0 Å². The third kappa shape index (κ3) is 1.18. The lowest BCUT2D eigenvalue weighted by atomic mass is 10.2. The van der Waals surface area contributed by atoms with E-state index >= 15 is 0 Å². The predicted octanol–water partition coefficient (Wildman–Crippen LogP) is 0.988. The highest BCUT2D eigenvalue weighted by atomic mass is 16.1. The smallest absolute Gasteiger partial charge is 0.180 e. The summed E-state index contributed by atoms with van der Waals surface area (Å²) in [7, 11) is 0. The van der Waals surface area contributed by atoms with Crippen LogP contribution in [-0.2, 0) is 0 Å². The third-order valence-corrected chi connectivity index (χ3v) is 1.26. The molecule has 0 unspecified atom stereocenters. The largest absolute Gasteiger partial charge is 0.293 e. The number of aromatic nitrogens is 2. The fourth-order valence-electron chi connectivity index (χ4n) is 0.742. The van der Waals surface area contributed by atoms with Crippen LogP contribution in [0.25, 0.3) is 0 Å². The Labute approximate surface area is 59.1 Å². The van der Waals surface area contributed by atoms with E-state index < -0.39 is 0 Å². The van der Waals surface area contributed by atoms with E-state index in [-0.39, 0.29) is 5.78 Å². The average molecular weight is 136 g/mol. The fraction of sp³-hybridized carbons (Fsp3) is 0.286. The zero-order valence-corrected chi connectivity index (χ0v) is 5.96. The van der Waals surface area contributed by atoms with Crippen molar-refractivity contribution in [2.24, 2.45) is 0 Å². The molecule has 0 bridgehead atoms. The zero-order chi connectivity index (χ0) is 7.56. The van der Waals surface area contributed by atoms with E-state index in [9.17, 15) is 4.79 Å². The lowest BCUT2D eigenvalue weighted by Crippen LogP contribution is -2.00. The maximum atomic E-state index is 10.8. The summed E-state index contributed by atoms with van der Waals surface area (Å²) in [5.41, 5.74) is 1.34. The standard InChI is InChI=1S/C7H8N2O/c1-5-3-4-8-9-7(5)6(2)10/h3-4H,1-2H3. The normalized spacial score (nSPS) is 9.40. The van der Waals surface area contributed by atoms with Gasteiger partial charge in [-0.2, -0.15) is 5.10 Å². The van der Waals surface area contributed by atoms with Gasteiger partial charge in [-0.15, -0.1) is 5.10 Å². The zero-order valence-electron chi connectivity index (χ0n) is 5.96. The molecule has 1 heterocycles. The number of Topliss-reactive ketones (excluding diaryl/α,β-unsaturated/α-hetero) is 1. The van der Waals surface area contributed by atoms with Gasteiger partial charge in [-0.05, 0) is 18.6 Å². The molecule has 1 aromatic rings. The summed E-state index contributed by atoms with van der Waals surface area (Å²) in [5.74, 6) is -0.0365. The first kappa shape index (κ1) is 6.86. The summed E-state index contributed by atoms with van der Waals surface area (Å²) in [6.45, 7) is 3.32. The van der Waals surface area contributed by atoms with Crippen molar-refractivity contribution in [2.45, 2.75) is 13.8 Å². The summed E-state index contributed by atoms with van der Waals surface area (Å²) in [6.07, 6.45) is 1.57. The highest BCUT2D eigenvalue weighted by Gasteiger charge is 2.02. The summed E-state index contributed by atoms with van der Waals surface area (Å²) >= 11 is 0. The second-order valence-electron chi connectivity index (χ2n) is 2.12. The molecule has 0 N–H and O–H groups in total. The van der Waals surface area contributed by atoms with Crippen molar-refractivity contribution in [2.75, 3.05) is 0 Å². The molecule has 0 radical (unpaired) electrons. The van der Waals surface area contributed by atoms with Gasteiger partial charge in [-0.1, -0.05) is 0 Å². The molecule has 0 aliphatic heterocycles. The molecule has 1 rings (SSSR count). The SMILES string of the molecule is CC(=O)c1nnccc1C. The molecule has 0 aromatic carbocycles. The molecule has 0 atom stereocenters. The Balaban J connectivity index is 3.15. The molecule has 0 aliphatic rings. The summed E-state index contributed by atoms with van der Waals surface area (Å²) in [5, 5.41) is 7.27. The number of hydrogen-bond donors (Lipinski definition) is 0. The molecule has 1 aromatic heterocycles. The Morgan fingerprint density at radius 2 is 2.30 bits per heavy atom. The second kappa shape index (κ2) is 2.56. The van der Waals surface area contributed by atoms with E-state index in [1.807, 2.05) is 6.92 Å². The summed E-state index contributed by atoms with van der Waals surface area (Å²) in [6, 6.07) is 1.77. The van der Waals surface area contributed by atoms with Gasteiger partial charge >= 0.3 is 0 Å². The number of hydrogen-bond acceptors (Lipinski definition) is 3. The number of rotatable bonds is 1. The molecule has 10 heavy (non-hydrogen) atoms. The lowest BCUT2D eigenvalue weighted by molar-refractivity contribution is 0.101. The average Bonchev–Trinajstić information content (AvgIpc) is 1.88. The van der Waals surface area contributed by atoms with Crippen LogP contribution in [0.4, 0.5) is 0 Å². The first-order chi connectivity index (χ1) is 4.72. The van der Waals surface area contributed by atoms with E-state index in [4.69, 9.17) is 0 Å². The van der Waals surface area contributed by atoms with Gasteiger partial charge in [-0.3, -0.25) is 4.79 Å². The summed E-state index contributed by atoms with van der Waals surface area (Å²) in [4.78, 5) is 10.8. The Morgan fingerprint density at radius 1 is 1.60 bits per heavy atom. The van der Waals surface area contributed by atoms with E-state index in [0.29, 0.717) is 5.69 Å². The van der Waals surface area contributed by atoms with Crippen molar-refractivity contribution >= 4 is 5.78 Å². The van der Waals surface area contributed by atoms with Crippen molar-refractivity contribution in [1.29, 1.82) is 0 Å². The molecule has 0 spiro atoms. The Bertz CT molecular complexity index is 258. The molecule has 0 saturated heterocycles. The lowest BCUT2D eigenvalue weighted by Gasteiger charge is -1.95. The van der Waals surface area contributed by atoms with E-state index in [2.05, 4.69) is 10.2 Å². The van der Waals surface area contributed by atoms with Crippen LogP contribution in [0.5, 0.6) is 0 Å². The molecular formula is C7H8N2O. The van der Waals surface area contributed by atoms with Gasteiger partial charge in [0, 0.05) is 13.1 Å². The maximum Gasteiger partial charge on any atom is 0.180 e. The minimum Gasteiger partial charge on any atom is -0.293 e. The van der Waals surface area contributed by atoms with Crippen LogP contribution >= 0.6 is 0 Å². The number of nitrogens with zero attached hydrogens (tertiary/aromatic N) is 2. The van der Waals surface area contributed by atoms with Gasteiger partial charge in [0.15, 0.2) is 5.78 Å². The molecule has 52 valence electrons. The van der Waals surface area contributed by atoms with E-state index in [0.717, 1.165) is 5.56 Å². The molecule has 0 amide bonds. The van der Waals surface area contributed by atoms with Crippen LogP contribution < -0.4 is 0 Å². The molecule has 3 heteroatoms. The number of carbonyl (C=O) groups excluding carboxylic acids is 1. The first-order valence-corrected chi connectivity index (χ1v) is 3.01. The number of ketones is 1. The van der Waals surface area contributed by atoms with Crippen LogP contribution in [0.3, 0.4) is 0 Å². The second-order valence-corrected chi connectivity index (χ2v) is 2.12. The maximum absolute atomic E-state index is 10.8. The fourth-order valence-corrected chi connectivity index (χ4v) is 0.742. The molecule has 0 aliphatic carbocycles. The van der Waals surface area contributed by atoms with E-state index in [1.165, 1.54) is 6.92 Å². The van der Waals surface area contributed by atoms with Gasteiger partial charge in [0.05, 0.1) is 0 Å². The summed E-state index contributed by atoms with van der Waals surface area (Å²) < 4.78 is 0. The van der Waals surface area contributed by atoms with Gasteiger partial charge in [-0.25, -0.2) is 0 Å². The topological polar surface area (TPSA) is 42.9 Å². The number of carbonyl (C=O) groups is 1. The van der Waals surface area contributed by atoms with Crippen molar-refractivity contribution in [1.82, 2.24) is 10.2 Å². The minimum absolute atomic E-state index is 0.0365. The van der Waals surface area contributed by atoms with Crippen molar-refractivity contribution in [3.8, 4) is 0 Å². The Hall–Kier alpha value is -1.25. The first-order valence-electron chi connectivity index (χ1n) is 3.01. The quantitative estimate of drug-likeness (QED) is 0.540. The van der Waals surface area contributed by atoms with Crippen LogP contribution in [-0.4, -0.2) is 16.0 Å². The van der Waals surface area contributed by atoms with Crippen LogP contribution in [0.2, 0.25) is 0 Å². The van der Waals surface area contributed by atoms with Gasteiger partial charge in [0.1, 0.15) is 5.69 Å². The van der Waals surface area contributed by atoms with Crippen LogP contribution in [0.15, 0.2) is 12.3 Å². The molecule has 0 fully saturated rings. The monoisotopic (exact) mass is 136 g/mol. The highest BCUT2D eigenvalue weighted by Crippen LogP contribution is 2.00. The minimum atomic E-state index is -0.0365. The van der Waals surface area contributed by atoms with Crippen molar-refractivity contribution in [3.63, 3.8) is 0 Å².